The number of ether oxygens (including phenoxy) is 3. The van der Waals surface area contributed by atoms with Crippen molar-refractivity contribution in [1.82, 2.24) is 0 Å². The SMILES string of the molecule is [B]Cc1cc(C[B])c(OC(=O)C(C)(C(=O)Oc2c([B])cc([B])cc2C[B])C(=O)OC(CS(=O)(=O)O)(C(F)(F)F)C(F)(F)F)c(C[B])c1. The lowest BCUT2D eigenvalue weighted by atomic mass is 9.81. The summed E-state index contributed by atoms with van der Waals surface area (Å²) in [6, 6.07) is 4.64. The van der Waals surface area contributed by atoms with Gasteiger partial charge in [-0.05, 0) is 23.6 Å². The Morgan fingerprint density at radius 1 is 0.723 bits per heavy atom. The minimum atomic E-state index is -6.82. The molecule has 0 aliphatic carbocycles. The van der Waals surface area contributed by atoms with Crippen LogP contribution in [0.4, 0.5) is 26.3 Å². The van der Waals surface area contributed by atoms with Crippen molar-refractivity contribution >= 4 is 86.0 Å². The van der Waals surface area contributed by atoms with Crippen LogP contribution in [0.25, 0.3) is 0 Å². The van der Waals surface area contributed by atoms with Gasteiger partial charge in [-0.2, -0.15) is 34.8 Å². The Labute approximate surface area is 273 Å². The minimum Gasteiger partial charge on any atom is -0.437 e. The monoisotopic (exact) mass is 674 g/mol. The first-order valence-electron chi connectivity index (χ1n) is 12.8. The summed E-state index contributed by atoms with van der Waals surface area (Å²) in [5, 5.41) is 0. The highest BCUT2D eigenvalue weighted by molar-refractivity contribution is 7.85. The first-order chi connectivity index (χ1) is 21.4. The van der Waals surface area contributed by atoms with Gasteiger partial charge in [0.05, 0.1) is 31.4 Å². The van der Waals surface area contributed by atoms with Crippen LogP contribution in [0.15, 0.2) is 24.3 Å². The molecule has 1 N–H and O–H groups in total. The van der Waals surface area contributed by atoms with Gasteiger partial charge in [-0.15, -0.1) is 0 Å². The number of hydrogen-bond donors (Lipinski definition) is 1. The molecule has 1 atom stereocenters. The Balaban J connectivity index is 2.88. The summed E-state index contributed by atoms with van der Waals surface area (Å²) in [5.74, 6) is -12.0. The fourth-order valence-corrected chi connectivity index (χ4v) is 4.92. The van der Waals surface area contributed by atoms with E-state index in [0.717, 1.165) is 12.1 Å². The number of benzene rings is 2. The van der Waals surface area contributed by atoms with Crippen LogP contribution in [-0.2, 0) is 54.5 Å². The average Bonchev–Trinajstić information content (AvgIpc) is 2.95. The fourth-order valence-electron chi connectivity index (χ4n) is 4.02. The Kier molecular flexibility index (Phi) is 12.3. The second-order valence-electron chi connectivity index (χ2n) is 10.0. The van der Waals surface area contributed by atoms with E-state index < -0.39 is 93.1 Å². The predicted octanol–water partition coefficient (Wildman–Crippen LogP) is -0.240. The molecule has 47 heavy (non-hydrogen) atoms. The van der Waals surface area contributed by atoms with Gasteiger partial charge in [0.1, 0.15) is 32.9 Å². The summed E-state index contributed by atoms with van der Waals surface area (Å²) in [7, 11) is 27.7. The molecule has 1 unspecified atom stereocenters. The van der Waals surface area contributed by atoms with Crippen molar-refractivity contribution in [3.8, 4) is 11.5 Å². The van der Waals surface area contributed by atoms with E-state index in [9.17, 15) is 49.1 Å². The maximum Gasteiger partial charge on any atom is 0.438 e. The van der Waals surface area contributed by atoms with Crippen LogP contribution in [0, 0.1) is 5.41 Å². The maximum atomic E-state index is 14.0. The number of hydrogen-bond acceptors (Lipinski definition) is 8. The van der Waals surface area contributed by atoms with E-state index in [4.69, 9.17) is 61.1 Å². The molecule has 2 aromatic rings. The molecule has 0 heterocycles. The van der Waals surface area contributed by atoms with Gasteiger partial charge in [-0.3, -0.25) is 9.35 Å². The lowest BCUT2D eigenvalue weighted by molar-refractivity contribution is -0.362. The third-order valence-corrected chi connectivity index (χ3v) is 7.37. The average molecular weight is 673 g/mol. The lowest BCUT2D eigenvalue weighted by Crippen LogP contribution is -2.65. The molecule has 0 aliphatic rings. The molecule has 2 rings (SSSR count). The number of carbonyl (C=O) groups is 3. The highest BCUT2D eigenvalue weighted by Crippen LogP contribution is 2.48. The molecule has 0 aliphatic heterocycles. The van der Waals surface area contributed by atoms with E-state index in [-0.39, 0.29) is 35.4 Å². The van der Waals surface area contributed by atoms with Crippen LogP contribution in [0.5, 0.6) is 11.5 Å². The Morgan fingerprint density at radius 2 is 1.15 bits per heavy atom. The van der Waals surface area contributed by atoms with Gasteiger partial charge in [-0.25, -0.2) is 9.59 Å². The summed E-state index contributed by atoms with van der Waals surface area (Å²) >= 11 is 0. The van der Waals surface area contributed by atoms with Crippen molar-refractivity contribution in [3.63, 3.8) is 0 Å². The minimum absolute atomic E-state index is 0.0424. The molecule has 9 nitrogen and oxygen atoms in total. The Morgan fingerprint density at radius 3 is 1.53 bits per heavy atom. The molecule has 12 radical (unpaired) electrons. The normalized spacial score (nSPS) is 13.8. The van der Waals surface area contributed by atoms with E-state index in [0.29, 0.717) is 5.56 Å². The second kappa shape index (κ2) is 14.5. The Hall–Kier alpha value is -3.27. The molecular weight excluding hydrogens is 655 g/mol. The highest BCUT2D eigenvalue weighted by atomic mass is 32.2. The summed E-state index contributed by atoms with van der Waals surface area (Å²) in [5.41, 5.74) is -10.4. The van der Waals surface area contributed by atoms with Crippen LogP contribution in [0.1, 0.15) is 29.2 Å². The Bertz CT molecular complexity index is 1610. The summed E-state index contributed by atoms with van der Waals surface area (Å²) in [6.45, 7) is 0.166. The van der Waals surface area contributed by atoms with Gasteiger partial charge in [0.25, 0.3) is 15.5 Å². The van der Waals surface area contributed by atoms with Crippen LogP contribution in [0.3, 0.4) is 0 Å². The quantitative estimate of drug-likeness (QED) is 0.0810. The van der Waals surface area contributed by atoms with Gasteiger partial charge in [0.2, 0.25) is 0 Å². The maximum absolute atomic E-state index is 14.0. The number of halogens is 6. The number of esters is 3. The molecule has 0 amide bonds. The molecule has 22 heteroatoms. The van der Waals surface area contributed by atoms with Crippen molar-refractivity contribution in [2.45, 2.75) is 50.2 Å². The predicted molar refractivity (Wildman–Crippen MR) is 158 cm³/mol. The smallest absolute Gasteiger partial charge is 0.437 e. The third kappa shape index (κ3) is 8.42. The summed E-state index contributed by atoms with van der Waals surface area (Å²) < 4.78 is 130. The molecule has 0 fully saturated rings. The molecule has 0 saturated heterocycles. The van der Waals surface area contributed by atoms with Gasteiger partial charge in [0, 0.05) is 0 Å². The standard InChI is InChI=1S/C25H18B6F6O9S/c1-22(20(39)45-18-14(9-29)4-15(30)5-16(18)31,19(38)44-17-12(7-27)2-11(6-26)3-13(17)8-28)21(40)46-23(24(32,33)34,25(35,36)37)10-47(41,42)43/h2-5H,6-10H2,1H3,(H,41,42,43). The van der Waals surface area contributed by atoms with E-state index in [1.54, 1.807) is 0 Å². The van der Waals surface area contributed by atoms with Crippen molar-refractivity contribution in [3.05, 3.63) is 46.5 Å². The van der Waals surface area contributed by atoms with Crippen molar-refractivity contribution in [1.29, 1.82) is 0 Å². The zero-order chi connectivity index (χ0) is 36.3. The van der Waals surface area contributed by atoms with Gasteiger partial charge in [0.15, 0.2) is 0 Å². The van der Waals surface area contributed by atoms with Gasteiger partial charge in [-0.1, -0.05) is 66.0 Å². The topological polar surface area (TPSA) is 133 Å². The number of rotatable bonds is 12. The fraction of sp³-hybridized carbons (Fsp3) is 0.400. The molecule has 0 bridgehead atoms. The van der Waals surface area contributed by atoms with Crippen molar-refractivity contribution in [2.24, 2.45) is 5.41 Å². The van der Waals surface area contributed by atoms with Crippen molar-refractivity contribution < 1.29 is 67.9 Å². The second-order valence-corrected chi connectivity index (χ2v) is 11.5. The van der Waals surface area contributed by atoms with Crippen LogP contribution in [0.2, 0.25) is 0 Å². The highest BCUT2D eigenvalue weighted by Gasteiger charge is 2.77. The van der Waals surface area contributed by atoms with Crippen molar-refractivity contribution in [2.75, 3.05) is 5.75 Å². The van der Waals surface area contributed by atoms with E-state index in [2.05, 4.69) is 4.74 Å². The van der Waals surface area contributed by atoms with Gasteiger partial charge >= 0.3 is 35.9 Å². The van der Waals surface area contributed by atoms with E-state index in [1.165, 1.54) is 12.1 Å². The van der Waals surface area contributed by atoms with E-state index >= 15 is 0 Å². The van der Waals surface area contributed by atoms with Crippen LogP contribution >= 0.6 is 0 Å². The first kappa shape index (κ1) is 39.9. The number of carbonyl (C=O) groups excluding carboxylic acids is 3. The first-order valence-corrected chi connectivity index (χ1v) is 14.4. The molecular formula is C25H18B6F6O9S. The van der Waals surface area contributed by atoms with Crippen LogP contribution in [-0.4, -0.2) is 102 Å². The largest absolute Gasteiger partial charge is 0.438 e. The number of alkyl halides is 6. The molecule has 2 aromatic carbocycles. The summed E-state index contributed by atoms with van der Waals surface area (Å²) in [6.07, 6.45) is -15.1. The molecule has 0 spiro atoms. The molecule has 238 valence electrons. The zero-order valence-corrected chi connectivity index (χ0v) is 25.0. The van der Waals surface area contributed by atoms with E-state index in [1.807, 2.05) is 0 Å². The lowest BCUT2D eigenvalue weighted by Gasteiger charge is -2.37. The van der Waals surface area contributed by atoms with Gasteiger partial charge < -0.3 is 14.2 Å². The van der Waals surface area contributed by atoms with Crippen LogP contribution < -0.4 is 20.4 Å². The molecule has 0 aromatic heterocycles. The summed E-state index contributed by atoms with van der Waals surface area (Å²) in [4.78, 5) is 40.6. The zero-order valence-electron chi connectivity index (χ0n) is 24.2. The molecule has 0 saturated carbocycles. The third-order valence-electron chi connectivity index (χ3n) is 6.60.